The molecule has 0 aromatic heterocycles. The van der Waals surface area contributed by atoms with Crippen molar-refractivity contribution in [2.75, 3.05) is 13.1 Å². The molecule has 0 spiro atoms. The van der Waals surface area contributed by atoms with Gasteiger partial charge in [-0.3, -0.25) is 0 Å². The summed E-state index contributed by atoms with van der Waals surface area (Å²) in [6, 6.07) is 6.29. The Hall–Kier alpha value is -1.36. The predicted octanol–water partition coefficient (Wildman–Crippen LogP) is 2.03. The first-order chi connectivity index (χ1) is 7.57. The topological polar surface area (TPSA) is 30.5 Å². The smallest absolute Gasteiger partial charge is 0.387 e. The lowest BCUT2D eigenvalue weighted by Crippen LogP contribution is -2.60. The fourth-order valence-corrected chi connectivity index (χ4v) is 1.55. The molecule has 0 saturated carbocycles. The zero-order valence-electron chi connectivity index (χ0n) is 8.87. The van der Waals surface area contributed by atoms with Crippen molar-refractivity contribution in [3.63, 3.8) is 0 Å². The van der Waals surface area contributed by atoms with Gasteiger partial charge in [-0.2, -0.15) is 8.78 Å². The average Bonchev–Trinajstić information content (AvgIpc) is 2.14. The van der Waals surface area contributed by atoms with Crippen LogP contribution in [0.3, 0.4) is 0 Å². The Morgan fingerprint density at radius 3 is 2.56 bits per heavy atom. The van der Waals surface area contributed by atoms with Gasteiger partial charge in [0.05, 0.1) is 0 Å². The molecular weight excluding hydrogens is 216 g/mol. The molecule has 5 heteroatoms. The van der Waals surface area contributed by atoms with E-state index in [0.717, 1.165) is 13.1 Å². The van der Waals surface area contributed by atoms with Crippen molar-refractivity contribution in [1.29, 1.82) is 0 Å². The van der Waals surface area contributed by atoms with Crippen molar-refractivity contribution in [1.82, 2.24) is 5.32 Å². The molecule has 0 aliphatic carbocycles. The summed E-state index contributed by atoms with van der Waals surface area (Å²) in [4.78, 5) is 0. The first-order valence-corrected chi connectivity index (χ1v) is 5.02. The van der Waals surface area contributed by atoms with Gasteiger partial charge in [-0.25, -0.2) is 0 Å². The van der Waals surface area contributed by atoms with Gasteiger partial charge in [0, 0.05) is 19.2 Å². The molecule has 1 aliphatic rings. The maximum Gasteiger partial charge on any atom is 0.387 e. The number of hydrogen-bond acceptors (Lipinski definition) is 3. The number of hydrogen-bond donors (Lipinski definition) is 1. The number of ether oxygens (including phenoxy) is 2. The molecular formula is C11H13F2NO2. The first-order valence-electron chi connectivity index (χ1n) is 5.02. The van der Waals surface area contributed by atoms with Crippen LogP contribution in [0.2, 0.25) is 0 Å². The molecule has 16 heavy (non-hydrogen) atoms. The average molecular weight is 229 g/mol. The van der Waals surface area contributed by atoms with Crippen LogP contribution in [0.25, 0.3) is 0 Å². The molecule has 0 unspecified atom stereocenters. The predicted molar refractivity (Wildman–Crippen MR) is 55.0 cm³/mol. The minimum Gasteiger partial charge on any atom is -0.485 e. The Morgan fingerprint density at radius 1 is 1.31 bits per heavy atom. The highest BCUT2D eigenvalue weighted by atomic mass is 19.3. The van der Waals surface area contributed by atoms with E-state index in [2.05, 4.69) is 10.1 Å². The highest BCUT2D eigenvalue weighted by molar-refractivity contribution is 5.33. The second-order valence-electron chi connectivity index (χ2n) is 4.01. The van der Waals surface area contributed by atoms with Crippen LogP contribution in [0.5, 0.6) is 11.5 Å². The lowest BCUT2D eigenvalue weighted by molar-refractivity contribution is -0.0501. The maximum atomic E-state index is 12.0. The normalized spacial score (nSPS) is 18.0. The Bertz CT molecular complexity index is 367. The van der Waals surface area contributed by atoms with E-state index >= 15 is 0 Å². The summed E-state index contributed by atoms with van der Waals surface area (Å²) in [6.45, 7) is 0.667. The van der Waals surface area contributed by atoms with Crippen LogP contribution in [0.4, 0.5) is 8.78 Å². The zero-order valence-corrected chi connectivity index (χ0v) is 8.87. The summed E-state index contributed by atoms with van der Waals surface area (Å²) in [5.41, 5.74) is -0.247. The molecule has 3 nitrogen and oxygen atoms in total. The molecule has 0 bridgehead atoms. The van der Waals surface area contributed by atoms with Crippen LogP contribution >= 0.6 is 0 Å². The quantitative estimate of drug-likeness (QED) is 0.856. The van der Waals surface area contributed by atoms with Crippen molar-refractivity contribution in [2.45, 2.75) is 19.1 Å². The third-order valence-corrected chi connectivity index (χ3v) is 2.39. The molecule has 1 fully saturated rings. The van der Waals surface area contributed by atoms with Gasteiger partial charge in [0.25, 0.3) is 0 Å². The molecule has 2 rings (SSSR count). The molecule has 1 aromatic carbocycles. The van der Waals surface area contributed by atoms with Crippen LogP contribution in [0.15, 0.2) is 24.3 Å². The van der Waals surface area contributed by atoms with Gasteiger partial charge >= 0.3 is 6.61 Å². The summed E-state index contributed by atoms with van der Waals surface area (Å²) in [6.07, 6.45) is 0. The van der Waals surface area contributed by atoms with E-state index in [1.807, 2.05) is 6.92 Å². The molecule has 0 amide bonds. The number of rotatable bonds is 4. The van der Waals surface area contributed by atoms with E-state index < -0.39 is 6.61 Å². The second-order valence-corrected chi connectivity index (χ2v) is 4.01. The van der Waals surface area contributed by atoms with Gasteiger partial charge < -0.3 is 14.8 Å². The third kappa shape index (κ3) is 2.61. The third-order valence-electron chi connectivity index (χ3n) is 2.39. The second kappa shape index (κ2) is 4.25. The minimum absolute atomic E-state index is 0.114. The van der Waals surface area contributed by atoms with E-state index in [0.29, 0.717) is 5.75 Å². The number of alkyl halides is 2. The van der Waals surface area contributed by atoms with Gasteiger partial charge in [-0.15, -0.1) is 0 Å². The molecule has 0 radical (unpaired) electrons. The standard InChI is InChI=1S/C11H13F2NO2/c1-11(6-14-7-11)16-9-4-2-3-8(5-9)15-10(12)13/h2-5,10,14H,6-7H2,1H3. The van der Waals surface area contributed by atoms with E-state index in [1.165, 1.54) is 12.1 Å². The fraction of sp³-hybridized carbons (Fsp3) is 0.455. The molecule has 1 N–H and O–H groups in total. The lowest BCUT2D eigenvalue weighted by Gasteiger charge is -2.39. The zero-order chi connectivity index (χ0) is 11.6. The van der Waals surface area contributed by atoms with Gasteiger partial charge in [0.1, 0.15) is 17.1 Å². The Labute approximate surface area is 92.4 Å². The summed E-state index contributed by atoms with van der Waals surface area (Å²) in [7, 11) is 0. The van der Waals surface area contributed by atoms with E-state index in [9.17, 15) is 8.78 Å². The van der Waals surface area contributed by atoms with E-state index in [-0.39, 0.29) is 11.4 Å². The molecule has 1 aromatic rings. The van der Waals surface area contributed by atoms with Gasteiger partial charge in [-0.05, 0) is 19.1 Å². The van der Waals surface area contributed by atoms with Gasteiger partial charge in [-0.1, -0.05) is 6.07 Å². The SMILES string of the molecule is CC1(Oc2cccc(OC(F)F)c2)CNC1. The van der Waals surface area contributed by atoms with Crippen LogP contribution in [-0.2, 0) is 0 Å². The number of halogens is 2. The largest absolute Gasteiger partial charge is 0.485 e. The van der Waals surface area contributed by atoms with Crippen molar-refractivity contribution >= 4 is 0 Å². The minimum atomic E-state index is -2.81. The molecule has 88 valence electrons. The van der Waals surface area contributed by atoms with E-state index in [1.54, 1.807) is 12.1 Å². The highest BCUT2D eigenvalue weighted by Crippen LogP contribution is 2.26. The summed E-state index contributed by atoms with van der Waals surface area (Å²) < 4.78 is 34.0. The summed E-state index contributed by atoms with van der Waals surface area (Å²) in [5.74, 6) is 0.658. The van der Waals surface area contributed by atoms with Crippen molar-refractivity contribution in [3.05, 3.63) is 24.3 Å². The van der Waals surface area contributed by atoms with Crippen molar-refractivity contribution < 1.29 is 18.3 Å². The van der Waals surface area contributed by atoms with Crippen LogP contribution in [0, 0.1) is 0 Å². The fourth-order valence-electron chi connectivity index (χ4n) is 1.55. The summed E-state index contributed by atoms with van der Waals surface area (Å²) >= 11 is 0. The Morgan fingerprint density at radius 2 is 2.00 bits per heavy atom. The molecule has 1 aliphatic heterocycles. The molecule has 0 atom stereocenters. The van der Waals surface area contributed by atoms with Crippen LogP contribution in [0.1, 0.15) is 6.92 Å². The van der Waals surface area contributed by atoms with Crippen molar-refractivity contribution in [2.24, 2.45) is 0 Å². The number of benzene rings is 1. The first kappa shape index (κ1) is 11.1. The van der Waals surface area contributed by atoms with Crippen LogP contribution in [-0.4, -0.2) is 25.3 Å². The summed E-state index contributed by atoms with van der Waals surface area (Å²) in [5, 5.41) is 3.09. The lowest BCUT2D eigenvalue weighted by atomic mass is 10.00. The van der Waals surface area contributed by atoms with Gasteiger partial charge in [0.15, 0.2) is 0 Å². The van der Waals surface area contributed by atoms with Crippen molar-refractivity contribution in [3.8, 4) is 11.5 Å². The molecule has 1 heterocycles. The maximum absolute atomic E-state index is 12.0. The van der Waals surface area contributed by atoms with E-state index in [4.69, 9.17) is 4.74 Å². The monoisotopic (exact) mass is 229 g/mol. The number of nitrogens with one attached hydrogen (secondary N) is 1. The van der Waals surface area contributed by atoms with Gasteiger partial charge in [0.2, 0.25) is 0 Å². The Kier molecular flexibility index (Phi) is 2.96. The van der Waals surface area contributed by atoms with Crippen LogP contribution < -0.4 is 14.8 Å². The molecule has 1 saturated heterocycles. The highest BCUT2D eigenvalue weighted by Gasteiger charge is 2.33. The Balaban J connectivity index is 2.04.